The number of hydrogen-bond acceptors (Lipinski definition) is 2. The number of fused-ring (bicyclic) bond motifs is 2. The zero-order chi connectivity index (χ0) is 11.0. The molecular weight excluding hydrogens is 232 g/mol. The van der Waals surface area contributed by atoms with Gasteiger partial charge in [0.25, 0.3) is 0 Å². The van der Waals surface area contributed by atoms with Crippen LogP contribution in [0.1, 0.15) is 5.56 Å². The van der Waals surface area contributed by atoms with Gasteiger partial charge in [-0.3, -0.25) is 0 Å². The third-order valence-corrected chi connectivity index (χ3v) is 5.27. The van der Waals surface area contributed by atoms with Crippen molar-refractivity contribution >= 4 is 23.5 Å². The predicted octanol–water partition coefficient (Wildman–Crippen LogP) is 4.68. The summed E-state index contributed by atoms with van der Waals surface area (Å²) in [4.78, 5) is 5.48. The van der Waals surface area contributed by atoms with Gasteiger partial charge in [-0.15, -0.1) is 0 Å². The predicted molar refractivity (Wildman–Crippen MR) is 70.2 cm³/mol. The lowest BCUT2D eigenvalue weighted by Crippen LogP contribution is -1.93. The van der Waals surface area contributed by atoms with Crippen molar-refractivity contribution in [2.45, 2.75) is 26.0 Å². The highest BCUT2D eigenvalue weighted by atomic mass is 32.2. The monoisotopic (exact) mass is 243 g/mol. The molecule has 1 aliphatic rings. The fraction of sp³-hybridized carbons (Fsp3) is 0.0714. The van der Waals surface area contributed by atoms with Crippen LogP contribution in [0.2, 0.25) is 0 Å². The van der Waals surface area contributed by atoms with Gasteiger partial charge in [0.2, 0.25) is 0 Å². The van der Waals surface area contributed by atoms with E-state index < -0.39 is 0 Å². The van der Waals surface area contributed by atoms with Crippen LogP contribution in [0.25, 0.3) is 0 Å². The first-order chi connectivity index (χ1) is 7.88. The molecular formula is C14H11S2. The lowest BCUT2D eigenvalue weighted by molar-refractivity contribution is 1.07. The SMILES string of the molecule is [CH2]Cc1cccc2c1Sc1ccccc1S2. The van der Waals surface area contributed by atoms with E-state index in [4.69, 9.17) is 0 Å². The topological polar surface area (TPSA) is 0 Å². The Bertz CT molecular complexity index is 532. The van der Waals surface area contributed by atoms with E-state index in [1.54, 1.807) is 0 Å². The first kappa shape index (κ1) is 10.3. The molecule has 0 atom stereocenters. The molecule has 0 saturated heterocycles. The second-order valence-corrected chi connectivity index (χ2v) is 5.78. The molecule has 2 aromatic rings. The van der Waals surface area contributed by atoms with Gasteiger partial charge in [0.15, 0.2) is 0 Å². The normalized spacial score (nSPS) is 13.1. The summed E-state index contributed by atoms with van der Waals surface area (Å²) in [6.07, 6.45) is 0.860. The van der Waals surface area contributed by atoms with Crippen molar-refractivity contribution in [3.63, 3.8) is 0 Å². The molecule has 3 rings (SSSR count). The van der Waals surface area contributed by atoms with Crippen molar-refractivity contribution in [1.82, 2.24) is 0 Å². The van der Waals surface area contributed by atoms with Crippen LogP contribution in [0.15, 0.2) is 62.0 Å². The number of rotatable bonds is 1. The first-order valence-electron chi connectivity index (χ1n) is 5.24. The molecule has 2 aromatic carbocycles. The van der Waals surface area contributed by atoms with Crippen molar-refractivity contribution in [3.8, 4) is 0 Å². The maximum Gasteiger partial charge on any atom is 0.0294 e. The van der Waals surface area contributed by atoms with Crippen molar-refractivity contribution in [3.05, 3.63) is 55.0 Å². The standard InChI is InChI=1S/C14H11S2/c1-2-10-6-5-9-13-14(10)16-12-8-4-3-7-11(12)15-13/h3-9H,1-2H2. The molecule has 0 unspecified atom stereocenters. The van der Waals surface area contributed by atoms with E-state index >= 15 is 0 Å². The van der Waals surface area contributed by atoms with E-state index in [0.717, 1.165) is 6.42 Å². The van der Waals surface area contributed by atoms with Crippen molar-refractivity contribution < 1.29 is 0 Å². The van der Waals surface area contributed by atoms with Crippen molar-refractivity contribution in [2.75, 3.05) is 0 Å². The molecule has 0 bridgehead atoms. The molecule has 0 aromatic heterocycles. The van der Waals surface area contributed by atoms with E-state index in [9.17, 15) is 0 Å². The molecule has 1 radical (unpaired) electrons. The molecule has 1 heterocycles. The Kier molecular flexibility index (Phi) is 2.70. The van der Waals surface area contributed by atoms with Gasteiger partial charge in [0, 0.05) is 19.6 Å². The van der Waals surface area contributed by atoms with Gasteiger partial charge in [-0.1, -0.05) is 47.8 Å². The third-order valence-electron chi connectivity index (χ3n) is 2.61. The molecule has 79 valence electrons. The summed E-state index contributed by atoms with van der Waals surface area (Å²) in [6, 6.07) is 15.1. The second kappa shape index (κ2) is 4.19. The van der Waals surface area contributed by atoms with Crippen LogP contribution in [0.5, 0.6) is 0 Å². The molecule has 16 heavy (non-hydrogen) atoms. The number of benzene rings is 2. The Morgan fingerprint density at radius 1 is 0.812 bits per heavy atom. The summed E-state index contributed by atoms with van der Waals surface area (Å²) in [5, 5.41) is 0. The van der Waals surface area contributed by atoms with Gasteiger partial charge >= 0.3 is 0 Å². The van der Waals surface area contributed by atoms with Crippen LogP contribution in [-0.4, -0.2) is 0 Å². The minimum Gasteiger partial charge on any atom is -0.0877 e. The van der Waals surface area contributed by atoms with E-state index in [1.807, 2.05) is 23.5 Å². The lowest BCUT2D eigenvalue weighted by atomic mass is 10.2. The third kappa shape index (κ3) is 1.66. The lowest BCUT2D eigenvalue weighted by Gasteiger charge is -2.20. The van der Waals surface area contributed by atoms with Crippen LogP contribution < -0.4 is 0 Å². The Labute approximate surface area is 104 Å². The van der Waals surface area contributed by atoms with Crippen molar-refractivity contribution in [1.29, 1.82) is 0 Å². The van der Waals surface area contributed by atoms with E-state index in [2.05, 4.69) is 49.4 Å². The van der Waals surface area contributed by atoms with Crippen LogP contribution in [0, 0.1) is 6.92 Å². The van der Waals surface area contributed by atoms with E-state index in [0.29, 0.717) is 0 Å². The van der Waals surface area contributed by atoms with Crippen LogP contribution in [0.4, 0.5) is 0 Å². The Balaban J connectivity index is 2.12. The highest BCUT2D eigenvalue weighted by Crippen LogP contribution is 2.49. The molecule has 1 aliphatic heterocycles. The molecule has 0 amide bonds. The molecule has 0 nitrogen and oxygen atoms in total. The Morgan fingerprint density at radius 3 is 2.25 bits per heavy atom. The maximum atomic E-state index is 4.00. The highest BCUT2D eigenvalue weighted by Gasteiger charge is 2.18. The molecule has 0 aliphatic carbocycles. The maximum absolute atomic E-state index is 4.00. The molecule has 2 heteroatoms. The molecule has 0 spiro atoms. The van der Waals surface area contributed by atoms with Gasteiger partial charge in [-0.2, -0.15) is 0 Å². The Hall–Kier alpha value is -0.860. The largest absolute Gasteiger partial charge is 0.0877 e. The second-order valence-electron chi connectivity index (χ2n) is 3.65. The van der Waals surface area contributed by atoms with Gasteiger partial charge in [-0.25, -0.2) is 0 Å². The quantitative estimate of drug-likeness (QED) is 0.608. The van der Waals surface area contributed by atoms with Gasteiger partial charge < -0.3 is 0 Å². The minimum atomic E-state index is 0.860. The smallest absolute Gasteiger partial charge is 0.0294 e. The summed E-state index contributed by atoms with van der Waals surface area (Å²) in [5.74, 6) is 0. The summed E-state index contributed by atoms with van der Waals surface area (Å²) in [7, 11) is 0. The first-order valence-corrected chi connectivity index (χ1v) is 6.87. The van der Waals surface area contributed by atoms with E-state index in [1.165, 1.54) is 25.1 Å². The van der Waals surface area contributed by atoms with Crippen LogP contribution in [0.3, 0.4) is 0 Å². The summed E-state index contributed by atoms with van der Waals surface area (Å²) in [5.41, 5.74) is 1.35. The zero-order valence-electron chi connectivity index (χ0n) is 8.77. The average Bonchev–Trinajstić information content (AvgIpc) is 2.35. The summed E-state index contributed by atoms with van der Waals surface area (Å²) >= 11 is 3.74. The fourth-order valence-corrected chi connectivity index (χ4v) is 4.23. The summed E-state index contributed by atoms with van der Waals surface area (Å²) < 4.78 is 0. The molecule has 0 saturated carbocycles. The van der Waals surface area contributed by atoms with Crippen molar-refractivity contribution in [2.24, 2.45) is 0 Å². The van der Waals surface area contributed by atoms with E-state index in [-0.39, 0.29) is 0 Å². The number of hydrogen-bond donors (Lipinski definition) is 0. The summed E-state index contributed by atoms with van der Waals surface area (Å²) in [6.45, 7) is 4.00. The van der Waals surface area contributed by atoms with Crippen LogP contribution in [-0.2, 0) is 6.42 Å². The average molecular weight is 243 g/mol. The van der Waals surface area contributed by atoms with Crippen LogP contribution >= 0.6 is 23.5 Å². The van der Waals surface area contributed by atoms with Gasteiger partial charge in [-0.05, 0) is 37.1 Å². The molecule has 0 fully saturated rings. The van der Waals surface area contributed by atoms with Gasteiger partial charge in [0.1, 0.15) is 0 Å². The van der Waals surface area contributed by atoms with Gasteiger partial charge in [0.05, 0.1) is 0 Å². The Morgan fingerprint density at radius 2 is 1.50 bits per heavy atom. The molecule has 0 N–H and O–H groups in total. The fourth-order valence-electron chi connectivity index (χ4n) is 1.80. The zero-order valence-corrected chi connectivity index (χ0v) is 10.4. The minimum absolute atomic E-state index is 0.860. The highest BCUT2D eigenvalue weighted by molar-refractivity contribution is 8.05.